The van der Waals surface area contributed by atoms with Crippen LogP contribution in [0.15, 0.2) is 53.5 Å². The van der Waals surface area contributed by atoms with E-state index < -0.39 is 0 Å². The number of rotatable bonds is 3. The molecule has 0 unspecified atom stereocenters. The first-order chi connectivity index (χ1) is 12.4. The van der Waals surface area contributed by atoms with E-state index in [-0.39, 0.29) is 16.8 Å². The molecule has 1 aromatic carbocycles. The van der Waals surface area contributed by atoms with Gasteiger partial charge in [-0.1, -0.05) is 44.2 Å². The van der Waals surface area contributed by atoms with Gasteiger partial charge in [-0.2, -0.15) is 0 Å². The minimum Gasteiger partial charge on any atom is -0.358 e. The first-order valence-corrected chi connectivity index (χ1v) is 8.93. The quantitative estimate of drug-likeness (QED) is 0.749. The first-order valence-electron chi connectivity index (χ1n) is 8.93. The van der Waals surface area contributed by atoms with Crippen molar-refractivity contribution in [3.63, 3.8) is 0 Å². The molecule has 4 heteroatoms. The number of benzene rings is 1. The fourth-order valence-corrected chi connectivity index (χ4v) is 3.95. The fourth-order valence-electron chi connectivity index (χ4n) is 3.95. The Balaban J connectivity index is 1.91. The number of carbonyl (C=O) groups is 1. The summed E-state index contributed by atoms with van der Waals surface area (Å²) in [4.78, 5) is 30.9. The van der Waals surface area contributed by atoms with Crippen LogP contribution < -0.4 is 5.56 Å². The Hall–Kier alpha value is -2.88. The summed E-state index contributed by atoms with van der Waals surface area (Å²) in [5, 5.41) is 0. The molecular weight excluding hydrogens is 324 g/mol. The molecule has 0 atom stereocenters. The molecule has 0 saturated carbocycles. The highest BCUT2D eigenvalue weighted by Crippen LogP contribution is 2.40. The van der Waals surface area contributed by atoms with Gasteiger partial charge in [0.1, 0.15) is 0 Å². The van der Waals surface area contributed by atoms with E-state index in [0.29, 0.717) is 12.8 Å². The molecule has 0 spiro atoms. The van der Waals surface area contributed by atoms with Crippen LogP contribution in [0.4, 0.5) is 0 Å². The standard InChI is InChI=1S/C22H22N2O2/c1-22(2)12-17-20(18(25)13-22)16(10-14-6-4-3-5-7-14)21(24-17)15-8-9-23-19(26)11-15/h3-9,11,24H,10,12-13H2,1-2H3,(H,23,26). The van der Waals surface area contributed by atoms with Crippen LogP contribution in [0.2, 0.25) is 0 Å². The van der Waals surface area contributed by atoms with Gasteiger partial charge in [-0.05, 0) is 29.0 Å². The summed E-state index contributed by atoms with van der Waals surface area (Å²) >= 11 is 0. The molecule has 2 heterocycles. The van der Waals surface area contributed by atoms with Crippen LogP contribution in [0.25, 0.3) is 11.3 Å². The smallest absolute Gasteiger partial charge is 0.248 e. The summed E-state index contributed by atoms with van der Waals surface area (Å²) in [5.74, 6) is 0.189. The Morgan fingerprint density at radius 2 is 1.81 bits per heavy atom. The van der Waals surface area contributed by atoms with Crippen molar-refractivity contribution in [3.05, 3.63) is 81.4 Å². The molecule has 0 radical (unpaired) electrons. The van der Waals surface area contributed by atoms with E-state index in [0.717, 1.165) is 40.1 Å². The zero-order valence-electron chi connectivity index (χ0n) is 15.1. The molecular formula is C22H22N2O2. The zero-order valence-corrected chi connectivity index (χ0v) is 15.1. The van der Waals surface area contributed by atoms with Crippen LogP contribution in [0.5, 0.6) is 0 Å². The van der Waals surface area contributed by atoms with Crippen molar-refractivity contribution in [1.82, 2.24) is 9.97 Å². The number of nitrogens with one attached hydrogen (secondary N) is 2. The summed E-state index contributed by atoms with van der Waals surface area (Å²) in [6.07, 6.45) is 3.70. The summed E-state index contributed by atoms with van der Waals surface area (Å²) < 4.78 is 0. The van der Waals surface area contributed by atoms with Gasteiger partial charge in [0.2, 0.25) is 5.56 Å². The van der Waals surface area contributed by atoms with Gasteiger partial charge in [-0.3, -0.25) is 9.59 Å². The van der Waals surface area contributed by atoms with Crippen molar-refractivity contribution < 1.29 is 4.79 Å². The highest BCUT2D eigenvalue weighted by molar-refractivity contribution is 6.02. The lowest BCUT2D eigenvalue weighted by Gasteiger charge is -2.28. The number of fused-ring (bicyclic) bond motifs is 1. The molecule has 132 valence electrons. The number of carbonyl (C=O) groups excluding carboxylic acids is 1. The first kappa shape index (κ1) is 16.6. The van der Waals surface area contributed by atoms with E-state index >= 15 is 0 Å². The van der Waals surface area contributed by atoms with E-state index in [1.807, 2.05) is 24.3 Å². The normalized spacial score (nSPS) is 15.7. The van der Waals surface area contributed by atoms with Gasteiger partial charge in [0, 0.05) is 41.9 Å². The number of pyridine rings is 1. The van der Waals surface area contributed by atoms with Crippen LogP contribution in [0.1, 0.15) is 47.4 Å². The molecule has 0 saturated heterocycles. The lowest BCUT2D eigenvalue weighted by molar-refractivity contribution is 0.0911. The third-order valence-corrected chi connectivity index (χ3v) is 5.04. The Morgan fingerprint density at radius 3 is 2.54 bits per heavy atom. The van der Waals surface area contributed by atoms with Gasteiger partial charge in [-0.15, -0.1) is 0 Å². The predicted octanol–water partition coefficient (Wildman–Crippen LogP) is 4.12. The van der Waals surface area contributed by atoms with Crippen molar-refractivity contribution in [1.29, 1.82) is 0 Å². The molecule has 1 aliphatic rings. The molecule has 2 aromatic heterocycles. The van der Waals surface area contributed by atoms with E-state index in [1.54, 1.807) is 12.3 Å². The minimum absolute atomic E-state index is 0.0512. The SMILES string of the molecule is CC1(C)CC(=O)c2c([nH]c(-c3cc[nH]c(=O)c3)c2Cc2ccccc2)C1. The maximum atomic E-state index is 12.9. The Morgan fingerprint density at radius 1 is 1.04 bits per heavy atom. The fraction of sp³-hybridized carbons (Fsp3) is 0.273. The van der Waals surface area contributed by atoms with Gasteiger partial charge in [-0.25, -0.2) is 0 Å². The molecule has 2 N–H and O–H groups in total. The summed E-state index contributed by atoms with van der Waals surface area (Å²) in [6, 6.07) is 13.6. The average Bonchev–Trinajstić information content (AvgIpc) is 2.93. The Kier molecular flexibility index (Phi) is 3.91. The summed E-state index contributed by atoms with van der Waals surface area (Å²) in [6.45, 7) is 4.25. The second-order valence-electron chi connectivity index (χ2n) is 7.88. The van der Waals surface area contributed by atoms with Crippen molar-refractivity contribution in [3.8, 4) is 11.3 Å². The lowest BCUT2D eigenvalue weighted by atomic mass is 9.75. The van der Waals surface area contributed by atoms with E-state index in [9.17, 15) is 9.59 Å². The number of Topliss-reactive ketones (excluding diaryl/α,β-unsaturated/α-hetero) is 1. The molecule has 0 bridgehead atoms. The third kappa shape index (κ3) is 3.03. The van der Waals surface area contributed by atoms with Gasteiger partial charge in [0.15, 0.2) is 5.78 Å². The van der Waals surface area contributed by atoms with Crippen molar-refractivity contribution in [2.75, 3.05) is 0 Å². The van der Waals surface area contributed by atoms with Crippen LogP contribution in [-0.2, 0) is 12.8 Å². The highest BCUT2D eigenvalue weighted by Gasteiger charge is 2.35. The number of aromatic amines is 2. The van der Waals surface area contributed by atoms with Gasteiger partial charge < -0.3 is 9.97 Å². The van der Waals surface area contributed by atoms with Gasteiger partial charge in [0.05, 0.1) is 5.69 Å². The Labute approximate surface area is 152 Å². The molecule has 4 rings (SSSR count). The summed E-state index contributed by atoms with van der Waals surface area (Å²) in [5.41, 5.74) is 5.47. The van der Waals surface area contributed by atoms with Crippen LogP contribution >= 0.6 is 0 Å². The number of aromatic nitrogens is 2. The second-order valence-corrected chi connectivity index (χ2v) is 7.88. The van der Waals surface area contributed by atoms with Crippen molar-refractivity contribution in [2.24, 2.45) is 5.41 Å². The van der Waals surface area contributed by atoms with Crippen LogP contribution in [-0.4, -0.2) is 15.8 Å². The van der Waals surface area contributed by atoms with E-state index in [4.69, 9.17) is 0 Å². The van der Waals surface area contributed by atoms with E-state index in [1.165, 1.54) is 0 Å². The molecule has 0 fully saturated rings. The zero-order chi connectivity index (χ0) is 18.3. The second kappa shape index (κ2) is 6.13. The maximum Gasteiger partial charge on any atom is 0.248 e. The van der Waals surface area contributed by atoms with Crippen LogP contribution in [0, 0.1) is 5.41 Å². The van der Waals surface area contributed by atoms with Crippen molar-refractivity contribution in [2.45, 2.75) is 33.1 Å². The van der Waals surface area contributed by atoms with Crippen molar-refractivity contribution >= 4 is 5.78 Å². The number of H-pyrrole nitrogens is 2. The van der Waals surface area contributed by atoms with Gasteiger partial charge >= 0.3 is 0 Å². The largest absolute Gasteiger partial charge is 0.358 e. The molecule has 0 amide bonds. The topological polar surface area (TPSA) is 65.7 Å². The lowest BCUT2D eigenvalue weighted by Crippen LogP contribution is -2.27. The monoisotopic (exact) mass is 346 g/mol. The number of hydrogen-bond donors (Lipinski definition) is 2. The van der Waals surface area contributed by atoms with Gasteiger partial charge in [0.25, 0.3) is 0 Å². The number of hydrogen-bond acceptors (Lipinski definition) is 2. The highest BCUT2D eigenvalue weighted by atomic mass is 16.1. The Bertz CT molecular complexity index is 1030. The molecule has 26 heavy (non-hydrogen) atoms. The predicted molar refractivity (Wildman–Crippen MR) is 103 cm³/mol. The number of ketones is 1. The molecule has 1 aliphatic carbocycles. The van der Waals surface area contributed by atoms with Crippen LogP contribution in [0.3, 0.4) is 0 Å². The summed E-state index contributed by atoms with van der Waals surface area (Å²) in [7, 11) is 0. The molecule has 4 nitrogen and oxygen atoms in total. The minimum atomic E-state index is -0.146. The average molecular weight is 346 g/mol. The molecule has 0 aliphatic heterocycles. The molecule has 3 aromatic rings. The maximum absolute atomic E-state index is 12.9. The van der Waals surface area contributed by atoms with E-state index in [2.05, 4.69) is 35.9 Å². The third-order valence-electron chi connectivity index (χ3n) is 5.04.